The molecule has 0 saturated heterocycles. The predicted molar refractivity (Wildman–Crippen MR) is 74.5 cm³/mol. The van der Waals surface area contributed by atoms with Gasteiger partial charge in [-0.25, -0.2) is 0 Å². The molecule has 0 radical (unpaired) electrons. The van der Waals surface area contributed by atoms with Gasteiger partial charge in [-0.1, -0.05) is 12.8 Å². The van der Waals surface area contributed by atoms with Crippen LogP contribution in [0.4, 0.5) is 11.4 Å². The Kier molecular flexibility index (Phi) is 3.55. The molecule has 0 bridgehead atoms. The van der Waals surface area contributed by atoms with Crippen LogP contribution in [0.25, 0.3) is 0 Å². The van der Waals surface area contributed by atoms with Crippen LogP contribution in [0.3, 0.4) is 0 Å². The van der Waals surface area contributed by atoms with E-state index in [9.17, 15) is 0 Å². The van der Waals surface area contributed by atoms with Crippen molar-refractivity contribution in [3.63, 3.8) is 0 Å². The molecule has 0 aliphatic heterocycles. The van der Waals surface area contributed by atoms with Crippen LogP contribution in [0.5, 0.6) is 11.5 Å². The first-order chi connectivity index (χ1) is 8.58. The number of anilines is 2. The van der Waals surface area contributed by atoms with Gasteiger partial charge in [-0.05, 0) is 19.8 Å². The van der Waals surface area contributed by atoms with Crippen LogP contribution in [0.15, 0.2) is 12.1 Å². The molecule has 0 unspecified atom stereocenters. The molecule has 3 N–H and O–H groups in total. The molecule has 1 fully saturated rings. The molecule has 0 atom stereocenters. The zero-order valence-corrected chi connectivity index (χ0v) is 11.4. The number of methoxy groups -OCH3 is 2. The Balaban J connectivity index is 2.27. The van der Waals surface area contributed by atoms with Crippen LogP contribution in [0, 0.1) is 0 Å². The van der Waals surface area contributed by atoms with E-state index in [0.717, 1.165) is 5.69 Å². The van der Waals surface area contributed by atoms with Crippen molar-refractivity contribution in [1.29, 1.82) is 0 Å². The number of ether oxygens (including phenoxy) is 2. The maximum absolute atomic E-state index is 6.06. The summed E-state index contributed by atoms with van der Waals surface area (Å²) in [5.74, 6) is 1.37. The van der Waals surface area contributed by atoms with Gasteiger partial charge in [0.2, 0.25) is 0 Å². The number of rotatable bonds is 4. The summed E-state index contributed by atoms with van der Waals surface area (Å²) in [4.78, 5) is 0. The maximum atomic E-state index is 6.06. The van der Waals surface area contributed by atoms with Crippen LogP contribution in [-0.4, -0.2) is 19.8 Å². The Morgan fingerprint density at radius 3 is 2.22 bits per heavy atom. The molecule has 4 nitrogen and oxygen atoms in total. The number of hydrogen-bond acceptors (Lipinski definition) is 4. The van der Waals surface area contributed by atoms with Gasteiger partial charge in [0, 0.05) is 17.7 Å². The number of nitrogen functional groups attached to an aromatic ring is 1. The third kappa shape index (κ3) is 2.47. The molecule has 4 heteroatoms. The van der Waals surface area contributed by atoms with Gasteiger partial charge in [-0.2, -0.15) is 0 Å². The summed E-state index contributed by atoms with van der Waals surface area (Å²) in [6, 6.07) is 3.72. The summed E-state index contributed by atoms with van der Waals surface area (Å²) in [5.41, 5.74) is 7.83. The van der Waals surface area contributed by atoms with Gasteiger partial charge in [0.05, 0.1) is 25.6 Å². The molecule has 0 heterocycles. The minimum atomic E-state index is 0.147. The molecular weight excluding hydrogens is 228 g/mol. The number of nitrogens with one attached hydrogen (secondary N) is 1. The van der Waals surface area contributed by atoms with E-state index < -0.39 is 0 Å². The second kappa shape index (κ2) is 4.96. The van der Waals surface area contributed by atoms with Gasteiger partial charge in [0.15, 0.2) is 11.5 Å². The predicted octanol–water partition coefficient (Wildman–Crippen LogP) is 3.03. The van der Waals surface area contributed by atoms with E-state index in [4.69, 9.17) is 15.2 Å². The van der Waals surface area contributed by atoms with Crippen LogP contribution in [0.2, 0.25) is 0 Å². The highest BCUT2D eigenvalue weighted by atomic mass is 16.5. The topological polar surface area (TPSA) is 56.5 Å². The number of nitrogens with two attached hydrogens (primary N) is 1. The lowest BCUT2D eigenvalue weighted by Gasteiger charge is -2.28. The average Bonchev–Trinajstić information content (AvgIpc) is 2.78. The zero-order valence-electron chi connectivity index (χ0n) is 11.4. The SMILES string of the molecule is COc1cc(N)c(NC2(C)CCCC2)cc1OC. The minimum absolute atomic E-state index is 0.147. The number of hydrogen-bond donors (Lipinski definition) is 2. The highest BCUT2D eigenvalue weighted by Gasteiger charge is 2.29. The first kappa shape index (κ1) is 12.9. The van der Waals surface area contributed by atoms with Crippen molar-refractivity contribution in [1.82, 2.24) is 0 Å². The van der Waals surface area contributed by atoms with E-state index >= 15 is 0 Å². The Morgan fingerprint density at radius 1 is 1.11 bits per heavy atom. The van der Waals surface area contributed by atoms with Crippen molar-refractivity contribution < 1.29 is 9.47 Å². The van der Waals surface area contributed by atoms with Crippen molar-refractivity contribution in [2.24, 2.45) is 0 Å². The summed E-state index contributed by atoms with van der Waals surface area (Å²) >= 11 is 0. The number of benzene rings is 1. The molecule has 1 aliphatic carbocycles. The van der Waals surface area contributed by atoms with Gasteiger partial charge < -0.3 is 20.5 Å². The highest BCUT2D eigenvalue weighted by molar-refractivity contribution is 5.72. The largest absolute Gasteiger partial charge is 0.493 e. The zero-order chi connectivity index (χ0) is 13.2. The van der Waals surface area contributed by atoms with E-state index in [1.807, 2.05) is 6.07 Å². The normalized spacial score (nSPS) is 17.5. The van der Waals surface area contributed by atoms with Gasteiger partial charge in [0.1, 0.15) is 0 Å². The lowest BCUT2D eigenvalue weighted by molar-refractivity contribution is 0.355. The lowest BCUT2D eigenvalue weighted by atomic mass is 10.00. The fourth-order valence-electron chi connectivity index (χ4n) is 2.61. The molecule has 0 aromatic heterocycles. The third-order valence-corrected chi connectivity index (χ3v) is 3.70. The summed E-state index contributed by atoms with van der Waals surface area (Å²) < 4.78 is 10.5. The summed E-state index contributed by atoms with van der Waals surface area (Å²) in [6.07, 6.45) is 4.91. The summed E-state index contributed by atoms with van der Waals surface area (Å²) in [7, 11) is 3.25. The second-order valence-corrected chi connectivity index (χ2v) is 5.19. The second-order valence-electron chi connectivity index (χ2n) is 5.19. The molecule has 1 saturated carbocycles. The summed E-state index contributed by atoms with van der Waals surface area (Å²) in [6.45, 7) is 2.25. The van der Waals surface area contributed by atoms with Crippen LogP contribution in [-0.2, 0) is 0 Å². The molecule has 100 valence electrons. The smallest absolute Gasteiger partial charge is 0.162 e. The minimum Gasteiger partial charge on any atom is -0.493 e. The molecule has 2 rings (SSSR count). The van der Waals surface area contributed by atoms with Crippen LogP contribution < -0.4 is 20.5 Å². The quantitative estimate of drug-likeness (QED) is 0.806. The van der Waals surface area contributed by atoms with Gasteiger partial charge in [-0.15, -0.1) is 0 Å². The van der Waals surface area contributed by atoms with Crippen molar-refractivity contribution in [3.05, 3.63) is 12.1 Å². The molecule has 18 heavy (non-hydrogen) atoms. The molecule has 0 amide bonds. The first-order valence-electron chi connectivity index (χ1n) is 6.38. The Hall–Kier alpha value is -1.58. The van der Waals surface area contributed by atoms with Gasteiger partial charge >= 0.3 is 0 Å². The van der Waals surface area contributed by atoms with Crippen molar-refractivity contribution >= 4 is 11.4 Å². The molecule has 1 aromatic carbocycles. The monoisotopic (exact) mass is 250 g/mol. The average molecular weight is 250 g/mol. The van der Waals surface area contributed by atoms with Crippen molar-refractivity contribution in [3.8, 4) is 11.5 Å². The maximum Gasteiger partial charge on any atom is 0.162 e. The molecule has 1 aliphatic rings. The highest BCUT2D eigenvalue weighted by Crippen LogP contribution is 2.39. The van der Waals surface area contributed by atoms with Crippen LogP contribution in [0.1, 0.15) is 32.6 Å². The molecule has 1 aromatic rings. The van der Waals surface area contributed by atoms with E-state index in [1.165, 1.54) is 25.7 Å². The summed E-state index contributed by atoms with van der Waals surface area (Å²) in [5, 5.41) is 3.55. The van der Waals surface area contributed by atoms with E-state index in [0.29, 0.717) is 17.2 Å². The van der Waals surface area contributed by atoms with Gasteiger partial charge in [-0.3, -0.25) is 0 Å². The van der Waals surface area contributed by atoms with Gasteiger partial charge in [0.25, 0.3) is 0 Å². The Labute approximate surface area is 108 Å². The van der Waals surface area contributed by atoms with Crippen molar-refractivity contribution in [2.45, 2.75) is 38.1 Å². The Bertz CT molecular complexity index is 426. The fraction of sp³-hybridized carbons (Fsp3) is 0.571. The third-order valence-electron chi connectivity index (χ3n) is 3.70. The Morgan fingerprint density at radius 2 is 1.67 bits per heavy atom. The van der Waals surface area contributed by atoms with E-state index in [2.05, 4.69) is 12.2 Å². The van der Waals surface area contributed by atoms with Crippen molar-refractivity contribution in [2.75, 3.05) is 25.3 Å². The molecule has 0 spiro atoms. The van der Waals surface area contributed by atoms with Crippen LogP contribution >= 0.6 is 0 Å². The lowest BCUT2D eigenvalue weighted by Crippen LogP contribution is -2.31. The van der Waals surface area contributed by atoms with E-state index in [-0.39, 0.29) is 5.54 Å². The fourth-order valence-corrected chi connectivity index (χ4v) is 2.61. The standard InChI is InChI=1S/C14H22N2O2/c1-14(6-4-5-7-14)16-11-9-13(18-3)12(17-2)8-10(11)15/h8-9,16H,4-7,15H2,1-3H3. The van der Waals surface area contributed by atoms with E-state index in [1.54, 1.807) is 20.3 Å². The first-order valence-corrected chi connectivity index (χ1v) is 6.38. The molecular formula is C14H22N2O2.